The average Bonchev–Trinajstić information content (AvgIpc) is 2.66. The number of rotatable bonds is 5. The molecule has 0 bridgehead atoms. The van der Waals surface area contributed by atoms with E-state index < -0.39 is 28.1 Å². The second kappa shape index (κ2) is 8.38. The Bertz CT molecular complexity index is 978. The molecule has 0 radical (unpaired) electrons. The Balaban J connectivity index is 1.76. The highest BCUT2D eigenvalue weighted by Crippen LogP contribution is 2.21. The molecule has 2 atom stereocenters. The van der Waals surface area contributed by atoms with Crippen LogP contribution >= 0.6 is 0 Å². The van der Waals surface area contributed by atoms with Gasteiger partial charge >= 0.3 is 0 Å². The van der Waals surface area contributed by atoms with E-state index in [1.54, 1.807) is 6.92 Å². The number of halogens is 1. The number of aryl methyl sites for hydroxylation is 1. The van der Waals surface area contributed by atoms with Crippen LogP contribution in [0.15, 0.2) is 47.4 Å². The van der Waals surface area contributed by atoms with E-state index in [9.17, 15) is 22.7 Å². The Hall–Kier alpha value is -2.29. The molecule has 1 aliphatic carbocycles. The Labute approximate surface area is 163 Å². The first-order chi connectivity index (χ1) is 13.3. The predicted octanol–water partition coefficient (Wildman–Crippen LogP) is 2.97. The van der Waals surface area contributed by atoms with Crippen molar-refractivity contribution in [2.75, 3.05) is 5.32 Å². The van der Waals surface area contributed by atoms with E-state index in [0.29, 0.717) is 24.1 Å². The van der Waals surface area contributed by atoms with Gasteiger partial charge in [-0.05, 0) is 61.7 Å². The molecule has 1 fully saturated rings. The van der Waals surface area contributed by atoms with Crippen LogP contribution in [0, 0.1) is 12.7 Å². The lowest BCUT2D eigenvalue weighted by molar-refractivity contribution is 0.101. The van der Waals surface area contributed by atoms with Gasteiger partial charge in [0.2, 0.25) is 10.0 Å². The molecule has 0 spiro atoms. The Morgan fingerprint density at radius 2 is 1.89 bits per heavy atom. The van der Waals surface area contributed by atoms with Gasteiger partial charge in [0.15, 0.2) is 0 Å². The van der Waals surface area contributed by atoms with Crippen molar-refractivity contribution in [3.05, 3.63) is 59.4 Å². The van der Waals surface area contributed by atoms with Gasteiger partial charge in [-0.2, -0.15) is 0 Å². The largest absolute Gasteiger partial charge is 0.391 e. The van der Waals surface area contributed by atoms with Gasteiger partial charge in [-0.15, -0.1) is 0 Å². The minimum Gasteiger partial charge on any atom is -0.391 e. The van der Waals surface area contributed by atoms with Crippen LogP contribution < -0.4 is 10.0 Å². The van der Waals surface area contributed by atoms with Gasteiger partial charge in [-0.3, -0.25) is 4.79 Å². The highest BCUT2D eigenvalue weighted by molar-refractivity contribution is 7.89. The normalized spacial score (nSPS) is 20.0. The van der Waals surface area contributed by atoms with Crippen LogP contribution in [0.1, 0.15) is 41.6 Å². The van der Waals surface area contributed by atoms with Crippen molar-refractivity contribution in [2.24, 2.45) is 0 Å². The fraction of sp³-hybridized carbons (Fsp3) is 0.350. The zero-order chi connectivity index (χ0) is 20.3. The van der Waals surface area contributed by atoms with E-state index in [0.717, 1.165) is 12.8 Å². The lowest BCUT2D eigenvalue weighted by Gasteiger charge is -2.28. The zero-order valence-electron chi connectivity index (χ0n) is 15.5. The Kier molecular flexibility index (Phi) is 6.12. The van der Waals surface area contributed by atoms with Crippen molar-refractivity contribution in [3.63, 3.8) is 0 Å². The third kappa shape index (κ3) is 4.76. The van der Waals surface area contributed by atoms with E-state index in [1.807, 2.05) is 0 Å². The molecular formula is C20H23FN2O4S. The van der Waals surface area contributed by atoms with Crippen LogP contribution in [-0.4, -0.2) is 31.6 Å². The van der Waals surface area contributed by atoms with Gasteiger partial charge in [0.05, 0.1) is 11.0 Å². The maximum atomic E-state index is 13.4. The third-order valence-electron chi connectivity index (χ3n) is 4.86. The molecule has 0 saturated heterocycles. The first-order valence-corrected chi connectivity index (χ1v) is 10.6. The molecule has 1 saturated carbocycles. The molecule has 0 aromatic heterocycles. The SMILES string of the molecule is Cc1cc(NC(=O)c2cccc(S(=O)(=O)NC3CCCCC3O)c2)ccc1F. The molecule has 0 aliphatic heterocycles. The number of amides is 1. The number of aliphatic hydroxyl groups excluding tert-OH is 1. The summed E-state index contributed by atoms with van der Waals surface area (Å²) in [6.07, 6.45) is 2.15. The van der Waals surface area contributed by atoms with Crippen molar-refractivity contribution in [3.8, 4) is 0 Å². The van der Waals surface area contributed by atoms with Crippen molar-refractivity contribution in [1.29, 1.82) is 0 Å². The van der Waals surface area contributed by atoms with Crippen molar-refractivity contribution in [1.82, 2.24) is 4.72 Å². The second-order valence-electron chi connectivity index (χ2n) is 7.03. The molecule has 3 rings (SSSR count). The maximum Gasteiger partial charge on any atom is 0.255 e. The quantitative estimate of drug-likeness (QED) is 0.711. The summed E-state index contributed by atoms with van der Waals surface area (Å²) in [6, 6.07) is 9.33. The van der Waals surface area contributed by atoms with Crippen molar-refractivity contribution < 1.29 is 22.7 Å². The van der Waals surface area contributed by atoms with Crippen molar-refractivity contribution in [2.45, 2.75) is 49.6 Å². The fourth-order valence-electron chi connectivity index (χ4n) is 3.25. The summed E-state index contributed by atoms with van der Waals surface area (Å²) in [6.45, 7) is 1.59. The number of benzene rings is 2. The summed E-state index contributed by atoms with van der Waals surface area (Å²) in [5.74, 6) is -0.872. The van der Waals surface area contributed by atoms with Gasteiger partial charge < -0.3 is 10.4 Å². The number of nitrogens with one attached hydrogen (secondary N) is 2. The number of anilines is 1. The summed E-state index contributed by atoms with van der Waals surface area (Å²) in [5.41, 5.74) is 0.971. The maximum absolute atomic E-state index is 13.4. The molecule has 2 aromatic rings. The van der Waals surface area contributed by atoms with Gasteiger partial charge in [0.1, 0.15) is 5.82 Å². The topological polar surface area (TPSA) is 95.5 Å². The molecule has 1 amide bonds. The van der Waals surface area contributed by atoms with Gasteiger partial charge in [0.25, 0.3) is 5.91 Å². The summed E-state index contributed by atoms with van der Waals surface area (Å²) < 4.78 is 41.2. The smallest absolute Gasteiger partial charge is 0.255 e. The van der Waals surface area contributed by atoms with Crippen LogP contribution in [0.4, 0.5) is 10.1 Å². The zero-order valence-corrected chi connectivity index (χ0v) is 16.3. The van der Waals surface area contributed by atoms with E-state index in [2.05, 4.69) is 10.0 Å². The number of carbonyl (C=O) groups is 1. The summed E-state index contributed by atoms with van der Waals surface area (Å²) in [4.78, 5) is 12.4. The van der Waals surface area contributed by atoms with Crippen LogP contribution in [-0.2, 0) is 10.0 Å². The standard InChI is InChI=1S/C20H23FN2O4S/c1-13-11-15(9-10-17(13)21)22-20(25)14-5-4-6-16(12-14)28(26,27)23-18-7-2-3-8-19(18)24/h4-6,9-12,18-19,23-24H,2-3,7-8H2,1H3,(H,22,25). The van der Waals surface area contributed by atoms with Crippen LogP contribution in [0.25, 0.3) is 0 Å². The van der Waals surface area contributed by atoms with E-state index in [4.69, 9.17) is 0 Å². The van der Waals surface area contributed by atoms with Crippen LogP contribution in [0.5, 0.6) is 0 Å². The van der Waals surface area contributed by atoms with Gasteiger partial charge in [-0.25, -0.2) is 17.5 Å². The average molecular weight is 406 g/mol. The van der Waals surface area contributed by atoms with Crippen LogP contribution in [0.3, 0.4) is 0 Å². The number of hydrogen-bond acceptors (Lipinski definition) is 4. The lowest BCUT2D eigenvalue weighted by Crippen LogP contribution is -2.44. The summed E-state index contributed by atoms with van der Waals surface area (Å²) >= 11 is 0. The van der Waals surface area contributed by atoms with E-state index in [-0.39, 0.29) is 16.3 Å². The highest BCUT2D eigenvalue weighted by atomic mass is 32.2. The first kappa shape index (κ1) is 20.4. The summed E-state index contributed by atoms with van der Waals surface area (Å²) in [5, 5.41) is 12.6. The number of hydrogen-bond donors (Lipinski definition) is 3. The number of sulfonamides is 1. The second-order valence-corrected chi connectivity index (χ2v) is 8.74. The third-order valence-corrected chi connectivity index (χ3v) is 6.35. The molecule has 2 aromatic carbocycles. The van der Waals surface area contributed by atoms with E-state index in [1.165, 1.54) is 42.5 Å². The molecule has 28 heavy (non-hydrogen) atoms. The van der Waals surface area contributed by atoms with Gasteiger partial charge in [0, 0.05) is 17.3 Å². The van der Waals surface area contributed by atoms with Crippen molar-refractivity contribution >= 4 is 21.6 Å². The predicted molar refractivity (Wildman–Crippen MR) is 104 cm³/mol. The van der Waals surface area contributed by atoms with E-state index >= 15 is 0 Å². The minimum absolute atomic E-state index is 0.0480. The molecule has 0 heterocycles. The summed E-state index contributed by atoms with van der Waals surface area (Å²) in [7, 11) is -3.87. The molecule has 6 nitrogen and oxygen atoms in total. The first-order valence-electron chi connectivity index (χ1n) is 9.14. The molecule has 1 aliphatic rings. The van der Waals surface area contributed by atoms with Crippen LogP contribution in [0.2, 0.25) is 0 Å². The van der Waals surface area contributed by atoms with Gasteiger partial charge in [-0.1, -0.05) is 18.9 Å². The minimum atomic E-state index is -3.87. The number of carbonyl (C=O) groups excluding carboxylic acids is 1. The molecule has 150 valence electrons. The molecular weight excluding hydrogens is 383 g/mol. The Morgan fingerprint density at radius 3 is 2.61 bits per heavy atom. The fourth-order valence-corrected chi connectivity index (χ4v) is 4.60. The molecule has 8 heteroatoms. The Morgan fingerprint density at radius 1 is 1.14 bits per heavy atom. The highest BCUT2D eigenvalue weighted by Gasteiger charge is 2.28. The number of aliphatic hydroxyl groups is 1. The lowest BCUT2D eigenvalue weighted by atomic mass is 9.93. The molecule has 3 N–H and O–H groups in total. The monoisotopic (exact) mass is 406 g/mol. The molecule has 2 unspecified atom stereocenters.